The van der Waals surface area contributed by atoms with Crippen molar-refractivity contribution in [2.75, 3.05) is 13.2 Å². The Bertz CT molecular complexity index is 204. The average Bonchev–Trinajstić information content (AvgIpc) is 2.40. The number of aliphatic hydroxyl groups is 9. The first-order valence-corrected chi connectivity index (χ1v) is 5.26. The third-order valence-corrected chi connectivity index (χ3v) is 2.56. The molecule has 0 aromatic rings. The Morgan fingerprint density at radius 1 is 0.444 bits per heavy atom. The molecule has 9 N–H and O–H groups in total. The maximum atomic E-state index is 9.41. The fourth-order valence-corrected chi connectivity index (χ4v) is 1.28. The molecule has 0 amide bonds. The molecule has 0 aliphatic rings. The fourth-order valence-electron chi connectivity index (χ4n) is 1.28. The highest BCUT2D eigenvalue weighted by molar-refractivity contribution is 4.89. The lowest BCUT2D eigenvalue weighted by Gasteiger charge is -2.31. The van der Waals surface area contributed by atoms with Crippen molar-refractivity contribution < 1.29 is 46.0 Å². The van der Waals surface area contributed by atoms with Crippen molar-refractivity contribution in [1.29, 1.82) is 0 Å². The molecule has 18 heavy (non-hydrogen) atoms. The summed E-state index contributed by atoms with van der Waals surface area (Å²) < 4.78 is 0. The molecule has 0 saturated carbocycles. The maximum absolute atomic E-state index is 9.41. The molecule has 0 heterocycles. The molecule has 9 heteroatoms. The largest absolute Gasteiger partial charge is 0.394 e. The second kappa shape index (κ2) is 7.94. The van der Waals surface area contributed by atoms with Crippen LogP contribution in [0.1, 0.15) is 0 Å². The zero-order valence-corrected chi connectivity index (χ0v) is 9.48. The summed E-state index contributed by atoms with van der Waals surface area (Å²) >= 11 is 0. The Kier molecular flexibility index (Phi) is 7.78. The SMILES string of the molecule is OC[C@@H](O)[C@H](O)[C@H](O)[C@@H](O)[C@H](O)[C@H](O)[C@H](O)CO. The standard InChI is InChI=1S/C9H20O9/c10-1-3(12)5(14)7(16)9(18)8(17)6(15)4(13)2-11/h3-18H,1-2H2/t3-,4-,5-,6+,7-,8+,9+/m1/s1. The predicted octanol–water partition coefficient (Wildman–Crippen LogP) is -5.50. The molecule has 0 radical (unpaired) electrons. The van der Waals surface area contributed by atoms with Gasteiger partial charge in [0.15, 0.2) is 0 Å². The molecule has 9 nitrogen and oxygen atoms in total. The molecule has 0 aromatic heterocycles. The maximum Gasteiger partial charge on any atom is 0.111 e. The summed E-state index contributed by atoms with van der Waals surface area (Å²) in [4.78, 5) is 0. The number of hydrogen-bond acceptors (Lipinski definition) is 9. The van der Waals surface area contributed by atoms with E-state index in [1.54, 1.807) is 0 Å². The molecule has 0 aliphatic heterocycles. The van der Waals surface area contributed by atoms with Crippen LogP contribution in [0, 0.1) is 0 Å². The van der Waals surface area contributed by atoms with Gasteiger partial charge in [-0.15, -0.1) is 0 Å². The summed E-state index contributed by atoms with van der Waals surface area (Å²) in [6.45, 7) is -1.77. The minimum atomic E-state index is -2.10. The zero-order chi connectivity index (χ0) is 14.5. The van der Waals surface area contributed by atoms with E-state index >= 15 is 0 Å². The molecule has 0 rings (SSSR count). The van der Waals surface area contributed by atoms with E-state index in [0.717, 1.165) is 0 Å². The molecule has 110 valence electrons. The number of hydrogen-bond donors (Lipinski definition) is 9. The van der Waals surface area contributed by atoms with Crippen molar-refractivity contribution in [3.8, 4) is 0 Å². The minimum Gasteiger partial charge on any atom is -0.394 e. The first kappa shape index (κ1) is 17.6. The summed E-state index contributed by atoms with van der Waals surface area (Å²) in [5.41, 5.74) is 0. The van der Waals surface area contributed by atoms with Crippen LogP contribution < -0.4 is 0 Å². The van der Waals surface area contributed by atoms with Crippen molar-refractivity contribution in [2.45, 2.75) is 42.7 Å². The quantitative estimate of drug-likeness (QED) is 0.208. The molecule has 0 aliphatic carbocycles. The van der Waals surface area contributed by atoms with Crippen LogP contribution in [0.5, 0.6) is 0 Å². The summed E-state index contributed by atoms with van der Waals surface area (Å²) in [5.74, 6) is 0. The lowest BCUT2D eigenvalue weighted by Crippen LogP contribution is -2.55. The van der Waals surface area contributed by atoms with Crippen LogP contribution >= 0.6 is 0 Å². The Balaban J connectivity index is 4.57. The second-order valence-corrected chi connectivity index (χ2v) is 3.95. The van der Waals surface area contributed by atoms with E-state index in [1.807, 2.05) is 0 Å². The van der Waals surface area contributed by atoms with Gasteiger partial charge < -0.3 is 46.0 Å². The van der Waals surface area contributed by atoms with Gasteiger partial charge in [0.05, 0.1) is 13.2 Å². The molecule has 7 atom stereocenters. The van der Waals surface area contributed by atoms with Gasteiger partial charge in [-0.25, -0.2) is 0 Å². The van der Waals surface area contributed by atoms with E-state index in [-0.39, 0.29) is 0 Å². The van der Waals surface area contributed by atoms with Gasteiger partial charge in [0, 0.05) is 0 Å². The Morgan fingerprint density at radius 3 is 0.889 bits per heavy atom. The van der Waals surface area contributed by atoms with Crippen molar-refractivity contribution in [2.24, 2.45) is 0 Å². The van der Waals surface area contributed by atoms with Gasteiger partial charge in [0.25, 0.3) is 0 Å². The molecule has 0 aromatic carbocycles. The van der Waals surface area contributed by atoms with Crippen LogP contribution in [0.4, 0.5) is 0 Å². The Morgan fingerprint density at radius 2 is 0.667 bits per heavy atom. The average molecular weight is 272 g/mol. The minimum absolute atomic E-state index is 0.886. The van der Waals surface area contributed by atoms with Gasteiger partial charge in [-0.2, -0.15) is 0 Å². The van der Waals surface area contributed by atoms with Crippen LogP contribution in [0.15, 0.2) is 0 Å². The van der Waals surface area contributed by atoms with E-state index in [1.165, 1.54) is 0 Å². The van der Waals surface area contributed by atoms with Crippen molar-refractivity contribution in [3.05, 3.63) is 0 Å². The Labute approximate surface area is 103 Å². The summed E-state index contributed by atoms with van der Waals surface area (Å²) in [7, 11) is 0. The van der Waals surface area contributed by atoms with Crippen LogP contribution in [-0.4, -0.2) is 102 Å². The number of rotatable bonds is 8. The van der Waals surface area contributed by atoms with E-state index in [2.05, 4.69) is 0 Å². The topological polar surface area (TPSA) is 182 Å². The van der Waals surface area contributed by atoms with Gasteiger partial charge in [-0.3, -0.25) is 0 Å². The second-order valence-electron chi connectivity index (χ2n) is 3.95. The van der Waals surface area contributed by atoms with Crippen LogP contribution in [0.2, 0.25) is 0 Å². The van der Waals surface area contributed by atoms with Crippen molar-refractivity contribution in [3.63, 3.8) is 0 Å². The third-order valence-electron chi connectivity index (χ3n) is 2.56. The van der Waals surface area contributed by atoms with Gasteiger partial charge in [-0.1, -0.05) is 0 Å². The summed E-state index contributed by atoms with van der Waals surface area (Å²) in [6.07, 6.45) is -13.7. The van der Waals surface area contributed by atoms with E-state index < -0.39 is 55.9 Å². The van der Waals surface area contributed by atoms with Crippen LogP contribution in [0.3, 0.4) is 0 Å². The molecule has 0 bridgehead atoms. The molecule has 0 spiro atoms. The summed E-state index contributed by atoms with van der Waals surface area (Å²) in [5, 5.41) is 81.8. The molecular weight excluding hydrogens is 252 g/mol. The van der Waals surface area contributed by atoms with E-state index in [4.69, 9.17) is 20.4 Å². The van der Waals surface area contributed by atoms with Crippen molar-refractivity contribution >= 4 is 0 Å². The van der Waals surface area contributed by atoms with Gasteiger partial charge in [0.1, 0.15) is 42.7 Å². The molecule has 0 unspecified atom stereocenters. The third kappa shape index (κ3) is 4.39. The van der Waals surface area contributed by atoms with Crippen LogP contribution in [0.25, 0.3) is 0 Å². The molecular formula is C9H20O9. The Hall–Kier alpha value is -0.360. The molecule has 0 fully saturated rings. The highest BCUT2D eigenvalue weighted by Gasteiger charge is 2.38. The summed E-state index contributed by atoms with van der Waals surface area (Å²) in [6, 6.07) is 0. The monoisotopic (exact) mass is 272 g/mol. The first-order valence-electron chi connectivity index (χ1n) is 5.26. The van der Waals surface area contributed by atoms with Gasteiger partial charge in [-0.05, 0) is 0 Å². The lowest BCUT2D eigenvalue weighted by molar-refractivity contribution is -0.172. The smallest absolute Gasteiger partial charge is 0.111 e. The predicted molar refractivity (Wildman–Crippen MR) is 56.2 cm³/mol. The zero-order valence-electron chi connectivity index (χ0n) is 9.48. The highest BCUT2D eigenvalue weighted by atomic mass is 16.4. The normalized spacial score (nSPS) is 23.8. The highest BCUT2D eigenvalue weighted by Crippen LogP contribution is 2.12. The van der Waals surface area contributed by atoms with Gasteiger partial charge >= 0.3 is 0 Å². The van der Waals surface area contributed by atoms with Gasteiger partial charge in [0.2, 0.25) is 0 Å². The fraction of sp³-hybridized carbons (Fsp3) is 1.00. The lowest BCUT2D eigenvalue weighted by atomic mass is 9.94. The van der Waals surface area contributed by atoms with E-state index in [9.17, 15) is 25.5 Å². The molecule has 0 saturated heterocycles. The number of aliphatic hydroxyl groups excluding tert-OH is 9. The van der Waals surface area contributed by atoms with Crippen molar-refractivity contribution in [1.82, 2.24) is 0 Å². The van der Waals surface area contributed by atoms with E-state index in [0.29, 0.717) is 0 Å². The van der Waals surface area contributed by atoms with Crippen LogP contribution in [-0.2, 0) is 0 Å². The first-order chi connectivity index (χ1) is 8.27.